The van der Waals surface area contributed by atoms with Crippen LogP contribution in [0.2, 0.25) is 0 Å². The fourth-order valence-corrected chi connectivity index (χ4v) is 3.03. The first-order chi connectivity index (χ1) is 9.66. The van der Waals surface area contributed by atoms with E-state index in [1.165, 1.54) is 16.2 Å². The standard InChI is InChI=1S/C12H13NO6S/c14-11(13-1-2-17-7(5-13)12(15)16)10-9-8(6-20-10)18-3-4-19-9/h6-7H,1-5H2,(H,15,16)/t7-/m0/s1. The first kappa shape index (κ1) is 13.2. The summed E-state index contributed by atoms with van der Waals surface area (Å²) in [4.78, 5) is 25.3. The molecule has 1 saturated heterocycles. The molecule has 3 rings (SSSR count). The molecule has 1 amide bonds. The van der Waals surface area contributed by atoms with Crippen molar-refractivity contribution in [3.8, 4) is 11.5 Å². The second-order valence-electron chi connectivity index (χ2n) is 4.40. The lowest BCUT2D eigenvalue weighted by Crippen LogP contribution is -2.48. The van der Waals surface area contributed by atoms with E-state index in [0.29, 0.717) is 36.1 Å². The van der Waals surface area contributed by atoms with Gasteiger partial charge in [0.25, 0.3) is 5.91 Å². The van der Waals surface area contributed by atoms with Crippen LogP contribution in [0.15, 0.2) is 5.38 Å². The highest BCUT2D eigenvalue weighted by Gasteiger charge is 2.32. The van der Waals surface area contributed by atoms with Gasteiger partial charge in [0, 0.05) is 11.9 Å². The average molecular weight is 299 g/mol. The highest BCUT2D eigenvalue weighted by atomic mass is 32.1. The van der Waals surface area contributed by atoms with Crippen LogP contribution in [0, 0.1) is 0 Å². The Morgan fingerprint density at radius 1 is 1.30 bits per heavy atom. The zero-order valence-electron chi connectivity index (χ0n) is 10.5. The van der Waals surface area contributed by atoms with E-state index in [1.54, 1.807) is 5.38 Å². The summed E-state index contributed by atoms with van der Waals surface area (Å²) in [6.45, 7) is 1.51. The quantitative estimate of drug-likeness (QED) is 0.853. The van der Waals surface area contributed by atoms with Crippen molar-refractivity contribution in [1.82, 2.24) is 4.90 Å². The monoisotopic (exact) mass is 299 g/mol. The van der Waals surface area contributed by atoms with Crippen LogP contribution < -0.4 is 9.47 Å². The van der Waals surface area contributed by atoms with Gasteiger partial charge in [-0.05, 0) is 0 Å². The Morgan fingerprint density at radius 3 is 2.90 bits per heavy atom. The molecule has 0 bridgehead atoms. The number of hydrogen-bond acceptors (Lipinski definition) is 6. The molecule has 1 N–H and O–H groups in total. The van der Waals surface area contributed by atoms with Gasteiger partial charge in [0.2, 0.25) is 0 Å². The van der Waals surface area contributed by atoms with Gasteiger partial charge in [-0.15, -0.1) is 11.3 Å². The Bertz CT molecular complexity index is 542. The summed E-state index contributed by atoms with van der Waals surface area (Å²) in [6, 6.07) is 0. The number of carboxylic acid groups (broad SMARTS) is 1. The number of thiophene rings is 1. The second-order valence-corrected chi connectivity index (χ2v) is 5.28. The number of rotatable bonds is 2. The maximum atomic E-state index is 12.5. The molecule has 1 aromatic heterocycles. The number of aliphatic carboxylic acids is 1. The Balaban J connectivity index is 1.78. The van der Waals surface area contributed by atoms with Crippen molar-refractivity contribution in [2.75, 3.05) is 32.9 Å². The first-order valence-corrected chi connectivity index (χ1v) is 7.05. The molecule has 7 nitrogen and oxygen atoms in total. The van der Waals surface area contributed by atoms with Crippen molar-refractivity contribution in [3.05, 3.63) is 10.3 Å². The van der Waals surface area contributed by atoms with Gasteiger partial charge in [0.05, 0.1) is 13.2 Å². The van der Waals surface area contributed by atoms with Crippen molar-refractivity contribution in [3.63, 3.8) is 0 Å². The van der Waals surface area contributed by atoms with E-state index in [-0.39, 0.29) is 19.1 Å². The number of amides is 1. The summed E-state index contributed by atoms with van der Waals surface area (Å²) in [5.74, 6) is -0.260. The topological polar surface area (TPSA) is 85.3 Å². The van der Waals surface area contributed by atoms with Crippen molar-refractivity contribution < 1.29 is 28.9 Å². The van der Waals surface area contributed by atoms with Gasteiger partial charge in [0.1, 0.15) is 18.1 Å². The molecule has 0 aliphatic carbocycles. The number of carboxylic acids is 1. The molecule has 3 heterocycles. The molecule has 8 heteroatoms. The summed E-state index contributed by atoms with van der Waals surface area (Å²) < 4.78 is 16.0. The van der Waals surface area contributed by atoms with E-state index in [4.69, 9.17) is 19.3 Å². The Hall–Kier alpha value is -1.80. The van der Waals surface area contributed by atoms with Crippen LogP contribution in [0.3, 0.4) is 0 Å². The van der Waals surface area contributed by atoms with E-state index in [1.807, 2.05) is 0 Å². The molecule has 0 spiro atoms. The third-order valence-electron chi connectivity index (χ3n) is 3.12. The Kier molecular flexibility index (Phi) is 3.49. The fraction of sp³-hybridized carbons (Fsp3) is 0.500. The van der Waals surface area contributed by atoms with Crippen molar-refractivity contribution >= 4 is 23.2 Å². The van der Waals surface area contributed by atoms with Crippen LogP contribution in [0.25, 0.3) is 0 Å². The number of fused-ring (bicyclic) bond motifs is 1. The normalized spacial score (nSPS) is 21.6. The molecular formula is C12H13NO6S. The summed E-state index contributed by atoms with van der Waals surface area (Å²) in [6.07, 6.45) is -0.972. The van der Waals surface area contributed by atoms with Crippen molar-refractivity contribution in [2.24, 2.45) is 0 Å². The Morgan fingerprint density at radius 2 is 2.10 bits per heavy atom. The maximum Gasteiger partial charge on any atom is 0.334 e. The van der Waals surface area contributed by atoms with Crippen LogP contribution in [-0.2, 0) is 9.53 Å². The lowest BCUT2D eigenvalue weighted by molar-refractivity contribution is -0.154. The van der Waals surface area contributed by atoms with Gasteiger partial charge in [-0.2, -0.15) is 0 Å². The number of carbonyl (C=O) groups excluding carboxylic acids is 1. The molecule has 108 valence electrons. The van der Waals surface area contributed by atoms with Crippen LogP contribution in [0.1, 0.15) is 9.67 Å². The van der Waals surface area contributed by atoms with Crippen LogP contribution in [-0.4, -0.2) is 60.9 Å². The third-order valence-corrected chi connectivity index (χ3v) is 4.05. The number of hydrogen-bond donors (Lipinski definition) is 1. The number of morpholine rings is 1. The summed E-state index contributed by atoms with van der Waals surface area (Å²) in [7, 11) is 0. The molecule has 2 aliphatic rings. The second kappa shape index (κ2) is 5.29. The summed E-state index contributed by atoms with van der Waals surface area (Å²) in [5.41, 5.74) is 0. The Labute approximate surface area is 118 Å². The van der Waals surface area contributed by atoms with Crippen LogP contribution >= 0.6 is 11.3 Å². The number of ether oxygens (including phenoxy) is 3. The van der Waals surface area contributed by atoms with Crippen molar-refractivity contribution in [2.45, 2.75) is 6.10 Å². The van der Waals surface area contributed by atoms with E-state index in [2.05, 4.69) is 0 Å². The molecule has 1 fully saturated rings. The minimum atomic E-state index is -1.06. The number of nitrogens with zero attached hydrogens (tertiary/aromatic N) is 1. The van der Waals surface area contributed by atoms with Crippen LogP contribution in [0.4, 0.5) is 0 Å². The highest BCUT2D eigenvalue weighted by Crippen LogP contribution is 2.40. The van der Waals surface area contributed by atoms with E-state index in [9.17, 15) is 9.59 Å². The van der Waals surface area contributed by atoms with Gasteiger partial charge in [-0.3, -0.25) is 4.79 Å². The van der Waals surface area contributed by atoms with E-state index < -0.39 is 12.1 Å². The molecule has 2 aliphatic heterocycles. The average Bonchev–Trinajstić information content (AvgIpc) is 2.90. The first-order valence-electron chi connectivity index (χ1n) is 6.17. The highest BCUT2D eigenvalue weighted by molar-refractivity contribution is 7.12. The molecule has 1 aromatic rings. The predicted molar refractivity (Wildman–Crippen MR) is 68.6 cm³/mol. The zero-order chi connectivity index (χ0) is 14.1. The molecular weight excluding hydrogens is 286 g/mol. The minimum Gasteiger partial charge on any atom is -0.485 e. The van der Waals surface area contributed by atoms with Gasteiger partial charge >= 0.3 is 5.97 Å². The molecule has 1 atom stereocenters. The summed E-state index contributed by atoms with van der Waals surface area (Å²) in [5, 5.41) is 10.7. The van der Waals surface area contributed by atoms with Crippen molar-refractivity contribution in [1.29, 1.82) is 0 Å². The zero-order valence-corrected chi connectivity index (χ0v) is 11.4. The van der Waals surface area contributed by atoms with E-state index >= 15 is 0 Å². The molecule has 20 heavy (non-hydrogen) atoms. The fourth-order valence-electron chi connectivity index (χ4n) is 2.14. The minimum absolute atomic E-state index is 0.0434. The SMILES string of the molecule is O=C(O)[C@@H]1CN(C(=O)c2scc3c2OCCO3)CCO1. The van der Waals surface area contributed by atoms with E-state index in [0.717, 1.165) is 0 Å². The molecule has 0 aromatic carbocycles. The summed E-state index contributed by atoms with van der Waals surface area (Å²) >= 11 is 1.25. The third kappa shape index (κ3) is 2.32. The largest absolute Gasteiger partial charge is 0.485 e. The van der Waals surface area contributed by atoms with Gasteiger partial charge in [-0.1, -0.05) is 0 Å². The maximum absolute atomic E-state index is 12.5. The number of carbonyl (C=O) groups is 2. The molecule has 0 unspecified atom stereocenters. The lowest BCUT2D eigenvalue weighted by Gasteiger charge is -2.30. The van der Waals surface area contributed by atoms with Gasteiger partial charge < -0.3 is 24.2 Å². The van der Waals surface area contributed by atoms with Gasteiger partial charge in [0.15, 0.2) is 17.6 Å². The predicted octanol–water partition coefficient (Wildman–Crippen LogP) is 0.445. The van der Waals surface area contributed by atoms with Gasteiger partial charge in [-0.25, -0.2) is 4.79 Å². The molecule has 0 saturated carbocycles. The smallest absolute Gasteiger partial charge is 0.334 e. The van der Waals surface area contributed by atoms with Crippen LogP contribution in [0.5, 0.6) is 11.5 Å². The lowest BCUT2D eigenvalue weighted by atomic mass is 10.2. The molecule has 0 radical (unpaired) electrons.